The Morgan fingerprint density at radius 1 is 0.760 bits per heavy atom. The van der Waals surface area contributed by atoms with Gasteiger partial charge < -0.3 is 53.6 Å². The van der Waals surface area contributed by atoms with Crippen LogP contribution in [0, 0.1) is 17.8 Å². The molecule has 0 aromatic heterocycles. The maximum absolute atomic E-state index is 13.4. The van der Waals surface area contributed by atoms with Crippen LogP contribution in [0.1, 0.15) is 106 Å². The molecule has 290 valence electrons. The molecule has 0 aliphatic carbocycles. The summed E-state index contributed by atoms with van der Waals surface area (Å²) in [5.74, 6) is -6.38. The van der Waals surface area contributed by atoms with Gasteiger partial charge in [-0.05, 0) is 25.2 Å². The Morgan fingerprint density at radius 2 is 1.38 bits per heavy atom. The van der Waals surface area contributed by atoms with E-state index >= 15 is 0 Å². The van der Waals surface area contributed by atoms with Crippen LogP contribution < -0.4 is 0 Å². The summed E-state index contributed by atoms with van der Waals surface area (Å²) in [6.07, 6.45) is -7.94. The highest BCUT2D eigenvalue weighted by Crippen LogP contribution is 2.38. The van der Waals surface area contributed by atoms with Crippen LogP contribution in [0.2, 0.25) is 0 Å². The van der Waals surface area contributed by atoms with E-state index in [9.17, 15) is 39.6 Å². The summed E-state index contributed by atoms with van der Waals surface area (Å²) < 4.78 is 41.0. The predicted molar refractivity (Wildman–Crippen MR) is 176 cm³/mol. The molecule has 4 N–H and O–H groups in total. The topological polar surface area (TPSA) is 214 Å². The van der Waals surface area contributed by atoms with Crippen molar-refractivity contribution >= 4 is 23.9 Å². The number of esters is 4. The van der Waals surface area contributed by atoms with Gasteiger partial charge in [-0.3, -0.25) is 19.2 Å². The number of ether oxygens (including phenoxy) is 7. The van der Waals surface area contributed by atoms with Crippen molar-refractivity contribution in [3.63, 3.8) is 0 Å². The summed E-state index contributed by atoms with van der Waals surface area (Å²) in [6.45, 7) is 10.2. The SMILES string of the molecule is CCCCCCCC(=O)OC1C(OC(=O)CC(C)C)C(COC(=O)C(C)CC)OC(OC2(CO)OC(CO)C(O)C2O)C1OC(=O)C(C)CC. The molecule has 0 amide bonds. The summed E-state index contributed by atoms with van der Waals surface area (Å²) >= 11 is 0. The predicted octanol–water partition coefficient (Wildman–Crippen LogP) is 2.31. The molecular weight excluding hydrogens is 660 g/mol. The first-order valence-corrected chi connectivity index (χ1v) is 18.0. The third-order valence-electron chi connectivity index (χ3n) is 9.08. The van der Waals surface area contributed by atoms with Crippen LogP contribution in [-0.4, -0.2) is 119 Å². The molecule has 2 rings (SSSR count). The quantitative estimate of drug-likeness (QED) is 0.0761. The second-order valence-corrected chi connectivity index (χ2v) is 13.7. The Bertz CT molecular complexity index is 1070. The number of unbranched alkanes of at least 4 members (excludes halogenated alkanes) is 4. The molecule has 2 aliphatic heterocycles. The monoisotopic (exact) mass is 720 g/mol. The second kappa shape index (κ2) is 21.2. The minimum Gasteiger partial charge on any atom is -0.463 e. The molecule has 0 radical (unpaired) electrons. The fourth-order valence-corrected chi connectivity index (χ4v) is 5.48. The molecule has 2 heterocycles. The summed E-state index contributed by atoms with van der Waals surface area (Å²) in [4.78, 5) is 52.6. The molecule has 0 spiro atoms. The van der Waals surface area contributed by atoms with Crippen LogP contribution in [0.5, 0.6) is 0 Å². The van der Waals surface area contributed by atoms with Crippen molar-refractivity contribution in [1.82, 2.24) is 0 Å². The normalized spacial score (nSPS) is 30.8. The smallest absolute Gasteiger partial charge is 0.309 e. The summed E-state index contributed by atoms with van der Waals surface area (Å²) in [5, 5.41) is 41.6. The fourth-order valence-electron chi connectivity index (χ4n) is 5.48. The van der Waals surface area contributed by atoms with Crippen molar-refractivity contribution in [2.45, 2.75) is 161 Å². The maximum atomic E-state index is 13.4. The van der Waals surface area contributed by atoms with Gasteiger partial charge in [-0.2, -0.15) is 0 Å². The van der Waals surface area contributed by atoms with Gasteiger partial charge in [0.15, 0.2) is 18.3 Å². The van der Waals surface area contributed by atoms with E-state index in [0.717, 1.165) is 25.7 Å². The van der Waals surface area contributed by atoms with Gasteiger partial charge >= 0.3 is 23.9 Å². The molecular formula is C35H60O15. The lowest BCUT2D eigenvalue weighted by atomic mass is 9.97. The average molecular weight is 721 g/mol. The van der Waals surface area contributed by atoms with E-state index < -0.39 is 110 Å². The number of carbonyl (C=O) groups is 4. The van der Waals surface area contributed by atoms with Gasteiger partial charge in [0.05, 0.1) is 18.4 Å². The molecule has 2 aliphatic rings. The molecule has 11 atom stereocenters. The van der Waals surface area contributed by atoms with Crippen molar-refractivity contribution in [3.05, 3.63) is 0 Å². The molecule has 15 heteroatoms. The Hall–Kier alpha value is -2.40. The first-order chi connectivity index (χ1) is 23.7. The Kier molecular flexibility index (Phi) is 18.6. The highest BCUT2D eigenvalue weighted by atomic mass is 16.8. The standard InChI is InChI=1S/C35H60O15/c1-8-11-12-13-14-15-25(38)46-29-28(47-26(39)16-20(4)5)24(18-44-32(42)21(6)9-2)45-34(30(29)48-33(43)22(7)10-3)50-35(19-37)31(41)27(40)23(17-36)49-35/h20-24,27-31,34,36-37,40-41H,8-19H2,1-7H3. The van der Waals surface area contributed by atoms with Crippen LogP contribution in [0.3, 0.4) is 0 Å². The second-order valence-electron chi connectivity index (χ2n) is 13.7. The van der Waals surface area contributed by atoms with Gasteiger partial charge in [0, 0.05) is 12.8 Å². The highest BCUT2D eigenvalue weighted by molar-refractivity contribution is 5.73. The summed E-state index contributed by atoms with van der Waals surface area (Å²) in [5.41, 5.74) is 0. The van der Waals surface area contributed by atoms with E-state index in [1.807, 2.05) is 0 Å². The van der Waals surface area contributed by atoms with Crippen LogP contribution in [0.15, 0.2) is 0 Å². The van der Waals surface area contributed by atoms with Gasteiger partial charge in [0.2, 0.25) is 12.1 Å². The molecule has 0 bridgehead atoms. The van der Waals surface area contributed by atoms with E-state index in [4.69, 9.17) is 33.2 Å². The van der Waals surface area contributed by atoms with Gasteiger partial charge in [0.1, 0.15) is 37.6 Å². The van der Waals surface area contributed by atoms with Gasteiger partial charge in [0.25, 0.3) is 0 Å². The maximum Gasteiger partial charge on any atom is 0.309 e. The van der Waals surface area contributed by atoms with Crippen molar-refractivity contribution < 1.29 is 72.8 Å². The number of hydrogen-bond acceptors (Lipinski definition) is 15. The molecule has 0 aromatic carbocycles. The molecule has 11 unspecified atom stereocenters. The molecule has 2 saturated heterocycles. The molecule has 0 aromatic rings. The Balaban J connectivity index is 2.65. The number of aliphatic hydroxyl groups excluding tert-OH is 4. The zero-order valence-corrected chi connectivity index (χ0v) is 30.6. The Labute approximate surface area is 295 Å². The number of hydrogen-bond donors (Lipinski definition) is 4. The summed E-state index contributed by atoms with van der Waals surface area (Å²) in [6, 6.07) is 0. The molecule has 50 heavy (non-hydrogen) atoms. The van der Waals surface area contributed by atoms with E-state index in [2.05, 4.69) is 6.92 Å². The third-order valence-corrected chi connectivity index (χ3v) is 9.08. The van der Waals surface area contributed by atoms with Crippen LogP contribution in [0.25, 0.3) is 0 Å². The van der Waals surface area contributed by atoms with Crippen LogP contribution >= 0.6 is 0 Å². The fraction of sp³-hybridized carbons (Fsp3) is 0.886. The van der Waals surface area contributed by atoms with E-state index in [1.54, 1.807) is 41.5 Å². The van der Waals surface area contributed by atoms with E-state index in [0.29, 0.717) is 19.3 Å². The summed E-state index contributed by atoms with van der Waals surface area (Å²) in [7, 11) is 0. The van der Waals surface area contributed by atoms with Gasteiger partial charge in [-0.25, -0.2) is 0 Å². The minimum absolute atomic E-state index is 0.00821. The zero-order valence-electron chi connectivity index (χ0n) is 30.6. The van der Waals surface area contributed by atoms with Crippen molar-refractivity contribution in [2.24, 2.45) is 17.8 Å². The molecule has 15 nitrogen and oxygen atoms in total. The number of aliphatic hydroxyl groups is 4. The van der Waals surface area contributed by atoms with Crippen molar-refractivity contribution in [2.75, 3.05) is 19.8 Å². The molecule has 2 fully saturated rings. The zero-order chi connectivity index (χ0) is 37.6. The van der Waals surface area contributed by atoms with Crippen molar-refractivity contribution in [3.8, 4) is 0 Å². The van der Waals surface area contributed by atoms with E-state index in [-0.39, 0.29) is 18.8 Å². The van der Waals surface area contributed by atoms with Crippen LogP contribution in [0.4, 0.5) is 0 Å². The first-order valence-electron chi connectivity index (χ1n) is 18.0. The lowest BCUT2D eigenvalue weighted by Crippen LogP contribution is -2.65. The minimum atomic E-state index is -2.41. The van der Waals surface area contributed by atoms with Gasteiger partial charge in [-0.15, -0.1) is 0 Å². The van der Waals surface area contributed by atoms with Gasteiger partial charge in [-0.1, -0.05) is 74.1 Å². The lowest BCUT2D eigenvalue weighted by molar-refractivity contribution is -0.384. The Morgan fingerprint density at radius 3 is 1.94 bits per heavy atom. The number of rotatable bonds is 21. The van der Waals surface area contributed by atoms with Crippen molar-refractivity contribution in [1.29, 1.82) is 0 Å². The first kappa shape index (κ1) is 43.8. The largest absolute Gasteiger partial charge is 0.463 e. The molecule has 0 saturated carbocycles. The van der Waals surface area contributed by atoms with Crippen LogP contribution in [-0.2, 0) is 52.3 Å². The number of carbonyl (C=O) groups excluding carboxylic acids is 4. The highest BCUT2D eigenvalue weighted by Gasteiger charge is 2.61. The average Bonchev–Trinajstić information content (AvgIpc) is 3.33. The van der Waals surface area contributed by atoms with E-state index in [1.165, 1.54) is 0 Å². The third kappa shape index (κ3) is 12.1. The lowest BCUT2D eigenvalue weighted by Gasteiger charge is -2.46.